The van der Waals surface area contributed by atoms with Crippen molar-refractivity contribution in [3.05, 3.63) is 172 Å². The predicted molar refractivity (Wildman–Crippen MR) is 411 cm³/mol. The maximum absolute atomic E-state index is 12.9. The Morgan fingerprint density at radius 2 is 1.00 bits per heavy atom. The van der Waals surface area contributed by atoms with E-state index in [9.17, 15) is 69.5 Å². The molecule has 2 aromatic carbocycles. The maximum atomic E-state index is 12.9. The maximum Gasteiger partial charge on any atom is 0.508 e. The summed E-state index contributed by atoms with van der Waals surface area (Å²) >= 11 is 0. The Kier molecular flexibility index (Phi) is 55.3. The highest BCUT2D eigenvalue weighted by Gasteiger charge is 2.47. The van der Waals surface area contributed by atoms with Gasteiger partial charge in [-0.1, -0.05) is 116 Å². The highest BCUT2D eigenvalue weighted by atomic mass is 31.0. The Morgan fingerprint density at radius 3 is 1.47 bits per heavy atom. The number of carbonyl (C=O) groups is 5. The van der Waals surface area contributed by atoms with Crippen molar-refractivity contribution in [2.45, 2.75) is 213 Å². The number of nitrogens with zero attached hydrogens (tertiary/aromatic N) is 4. The van der Waals surface area contributed by atoms with Crippen LogP contribution in [0.3, 0.4) is 0 Å². The number of allylic oxidation sites excluding steroid dienone is 5. The minimum atomic E-state index is -0.969. The SMILES string of the molecule is C=C(CCC/C(C)=C(/C)C[C@H]1C(C)C[C@@H](OC(=O)OCCCCO[N+](=O)[O-])[C@@H]1/C=C(\C)[C@H](CCc1ccccc1)OC(=O)OCCCCO[N+](=O)[O-])NCC.CCNC(=O)CCC/C=C\C[C@@H]1[C@@H](/C=C/[C@@H](O)CCc2ccccc2)[C@H](OC(=O)OCCCCO[N+](=O)[O-])C[C@@H]1OC(=O)OCCCCO[N+](=O)[O-].O.O.[HH].[HH].[HH].[P-3]. The van der Waals surface area contributed by atoms with Gasteiger partial charge >= 0.3 is 24.6 Å². The topological polar surface area (TPSA) is 476 Å². The zero-order chi connectivity index (χ0) is 78.6. The predicted octanol–water partition coefficient (Wildman–Crippen LogP) is 14.3. The molecular weight excluding hydrogens is 1460 g/mol. The molecular formula is C75H122N6O28P-3. The van der Waals surface area contributed by atoms with Gasteiger partial charge in [0.05, 0.1) is 59.0 Å². The molecule has 4 rings (SSSR count). The van der Waals surface area contributed by atoms with Crippen LogP contribution in [0.5, 0.6) is 0 Å². The Bertz CT molecular complexity index is 3130. The number of aliphatic hydroxyl groups excluding tert-OH is 1. The van der Waals surface area contributed by atoms with Crippen LogP contribution in [0.2, 0.25) is 0 Å². The van der Waals surface area contributed by atoms with E-state index in [0.29, 0.717) is 103 Å². The molecule has 2 aliphatic carbocycles. The molecule has 1 unspecified atom stereocenters. The summed E-state index contributed by atoms with van der Waals surface area (Å²) < 4.78 is 44.3. The summed E-state index contributed by atoms with van der Waals surface area (Å²) in [5.74, 6) is -0.860. The van der Waals surface area contributed by atoms with Crippen molar-refractivity contribution in [1.82, 2.24) is 10.6 Å². The van der Waals surface area contributed by atoms with Crippen LogP contribution in [0, 0.1) is 70.0 Å². The van der Waals surface area contributed by atoms with Crippen molar-refractivity contribution in [3.63, 3.8) is 0 Å². The van der Waals surface area contributed by atoms with E-state index >= 15 is 0 Å². The molecule has 2 aromatic rings. The van der Waals surface area contributed by atoms with Gasteiger partial charge in [0.15, 0.2) is 0 Å². The monoisotopic (exact) mass is 1590 g/mol. The van der Waals surface area contributed by atoms with Gasteiger partial charge < -0.3 is 93.8 Å². The standard InChI is InChI=1S/C40H61N3O12.C35H51N3O14.2H2O.P.3H2/c1-7-41-33(6)17-15-16-29(2)30(3)26-35-31(4)28-38(55-40(45)51-23-12-14-25-53-43(48)49)36(35)27-32(5)37(21-20-34-18-9-8-10-19-34)54-39(44)50-22-11-13-24-52-42(46)47;1-2-36-33(40)17-9-4-3-8-16-29-30(21-20-28(39)19-18-27-14-6-5-7-15-27)32(52-35(42)48-23-11-13-25-50-38(45)46)26-31(29)51-34(41)47-22-10-12-24-49-37(43)44;;;;;;/h8-10,18-19,27,31,35-38,41H,6-7,11-17,20-26,28H2,1-5H3;3,5-8,14-15,20-21,28-32,39H,2,4,9-13,16-19,22-26H2,1H3,(H,36,40);2*1H2;;3*1H/q;;;;-3;;;/b30-29-,32-27+;8-3-,21-20+;;;;;;/t31?,35-,36+,37-,38+;28-,29+,30+,31-,32+;;;;;;/m00....../s1. The van der Waals surface area contributed by atoms with Gasteiger partial charge in [0.1, 0.15) is 24.4 Å². The van der Waals surface area contributed by atoms with Crippen LogP contribution in [0.15, 0.2) is 120 Å². The number of benzene rings is 2. The molecule has 2 fully saturated rings. The lowest BCUT2D eigenvalue weighted by atomic mass is 9.82. The van der Waals surface area contributed by atoms with Crippen LogP contribution >= 0.6 is 9.90 Å². The van der Waals surface area contributed by atoms with E-state index in [1.807, 2.05) is 86.7 Å². The van der Waals surface area contributed by atoms with Crippen molar-refractivity contribution in [2.75, 3.05) is 65.9 Å². The highest BCUT2D eigenvalue weighted by molar-refractivity contribution is 6.92. The van der Waals surface area contributed by atoms with E-state index in [0.717, 1.165) is 54.6 Å². The summed E-state index contributed by atoms with van der Waals surface area (Å²) in [5.41, 5.74) is 6.57. The fraction of sp³-hybridized carbons (Fsp3) is 0.640. The third kappa shape index (κ3) is 46.2. The van der Waals surface area contributed by atoms with Gasteiger partial charge in [-0.05, 0) is 192 Å². The van der Waals surface area contributed by atoms with Crippen LogP contribution in [0.4, 0.5) is 19.2 Å². The first-order valence-electron chi connectivity index (χ1n) is 36.9. The molecule has 110 heavy (non-hydrogen) atoms. The van der Waals surface area contributed by atoms with Crippen molar-refractivity contribution in [1.29, 1.82) is 0 Å². The van der Waals surface area contributed by atoms with Gasteiger partial charge in [0.25, 0.3) is 20.3 Å². The first kappa shape index (κ1) is 101. The smallest absolute Gasteiger partial charge is 0.508 e. The summed E-state index contributed by atoms with van der Waals surface area (Å²) in [6.45, 7) is 17.3. The van der Waals surface area contributed by atoms with Gasteiger partial charge in [-0.25, -0.2) is 19.2 Å². The molecule has 0 radical (unpaired) electrons. The first-order valence-corrected chi connectivity index (χ1v) is 36.9. The average Bonchev–Trinajstić information content (AvgIpc) is 1.67. The lowest BCUT2D eigenvalue weighted by molar-refractivity contribution is -0.757. The van der Waals surface area contributed by atoms with Crippen LogP contribution in [-0.4, -0.2) is 163 Å². The third-order valence-corrected chi connectivity index (χ3v) is 18.0. The number of ether oxygens (including phenoxy) is 8. The lowest BCUT2D eigenvalue weighted by Gasteiger charge is -3.00. The number of aryl methyl sites for hydroxylation is 2. The molecule has 0 aliphatic heterocycles. The third-order valence-electron chi connectivity index (χ3n) is 18.0. The number of hydrogen-bond donors (Lipinski definition) is 3. The molecule has 0 bridgehead atoms. The first-order chi connectivity index (χ1) is 51.4. The fourth-order valence-corrected chi connectivity index (χ4v) is 12.3. The molecule has 0 heterocycles. The van der Waals surface area contributed by atoms with Crippen LogP contribution in [0.25, 0.3) is 0 Å². The van der Waals surface area contributed by atoms with E-state index in [-0.39, 0.29) is 121 Å². The molecule has 2 aliphatic rings. The summed E-state index contributed by atoms with van der Waals surface area (Å²) in [6.07, 6.45) is 13.4. The van der Waals surface area contributed by atoms with E-state index in [4.69, 9.17) is 37.9 Å². The Labute approximate surface area is 651 Å². The van der Waals surface area contributed by atoms with Crippen LogP contribution in [0.1, 0.15) is 185 Å². The van der Waals surface area contributed by atoms with Gasteiger partial charge in [0, 0.05) is 53.7 Å². The number of nitrogens with one attached hydrogen (secondary N) is 2. The van der Waals surface area contributed by atoms with Crippen LogP contribution in [-0.2, 0) is 74.9 Å². The number of aliphatic hydroxyl groups is 1. The summed E-state index contributed by atoms with van der Waals surface area (Å²) in [6, 6.07) is 19.6. The quantitative estimate of drug-likeness (QED) is 0.0105. The number of unbranched alkanes of at least 4 members (excludes halogenated alkanes) is 5. The largest absolute Gasteiger partial charge is 3.00 e. The lowest BCUT2D eigenvalue weighted by Crippen LogP contribution is -2.27. The molecule has 7 N–H and O–H groups in total. The summed E-state index contributed by atoms with van der Waals surface area (Å²) in [4.78, 5) is 122. The number of carbonyl (C=O) groups excluding carboxylic acids is 5. The normalized spacial score (nSPS) is 18.4. The number of amides is 1. The van der Waals surface area contributed by atoms with Gasteiger partial charge in [-0.3, -0.25) is 4.79 Å². The second-order valence-electron chi connectivity index (χ2n) is 26.2. The van der Waals surface area contributed by atoms with E-state index in [1.54, 1.807) is 12.2 Å². The summed E-state index contributed by atoms with van der Waals surface area (Å²) in [5, 5.41) is 54.8. The highest BCUT2D eigenvalue weighted by Crippen LogP contribution is 2.45. The van der Waals surface area contributed by atoms with E-state index in [2.05, 4.69) is 70.3 Å². The number of hydrogen-bond acceptors (Lipinski definition) is 27. The second kappa shape index (κ2) is 60.4. The Hall–Kier alpha value is -9.40. The minimum absolute atomic E-state index is 0. The van der Waals surface area contributed by atoms with Gasteiger partial charge in [-0.15, -0.1) is 40.5 Å². The summed E-state index contributed by atoms with van der Waals surface area (Å²) in [7, 11) is 0. The fourth-order valence-electron chi connectivity index (χ4n) is 12.3. The zero-order valence-electron chi connectivity index (χ0n) is 64.2. The molecule has 2 saturated carbocycles. The van der Waals surface area contributed by atoms with E-state index in [1.165, 1.54) is 11.1 Å². The van der Waals surface area contributed by atoms with Gasteiger partial charge in [0.2, 0.25) is 5.91 Å². The van der Waals surface area contributed by atoms with Crippen molar-refractivity contribution >= 4 is 40.4 Å². The molecule has 0 spiro atoms. The molecule has 34 nitrogen and oxygen atoms in total. The van der Waals surface area contributed by atoms with Gasteiger partial charge in [-0.2, -0.15) is 0 Å². The minimum Gasteiger partial charge on any atom is -3.00 e. The second-order valence-corrected chi connectivity index (χ2v) is 26.2. The molecule has 10 atom stereocenters. The van der Waals surface area contributed by atoms with Crippen molar-refractivity contribution in [3.8, 4) is 0 Å². The molecule has 35 heteroatoms. The van der Waals surface area contributed by atoms with E-state index < -0.39 is 87.3 Å². The number of rotatable bonds is 53. The average molecular weight is 1590 g/mol. The molecule has 1 amide bonds. The Balaban J connectivity index is -0.000001000. The molecule has 0 saturated heterocycles. The molecule has 0 aromatic heterocycles. The molecule has 628 valence electrons. The Morgan fingerprint density at radius 1 is 0.555 bits per heavy atom. The van der Waals surface area contributed by atoms with Crippen LogP contribution < -0.4 is 10.6 Å². The van der Waals surface area contributed by atoms with Crippen molar-refractivity contribution < 1.29 is 122 Å². The zero-order valence-corrected chi connectivity index (χ0v) is 65.1. The van der Waals surface area contributed by atoms with Crippen molar-refractivity contribution in [2.24, 2.45) is 29.6 Å².